The van der Waals surface area contributed by atoms with Crippen molar-refractivity contribution in [2.75, 3.05) is 11.9 Å². The molecule has 1 aliphatic heterocycles. The number of amides is 4. The van der Waals surface area contributed by atoms with E-state index in [0.717, 1.165) is 11.3 Å². The molecule has 1 atom stereocenters. The molecule has 0 radical (unpaired) electrons. The SMILES string of the molecule is CCCC[C@@]1(c2ccc(F)cc2)NC(=O)N(CC(=O)Nc2ccc(Cl)cc2)C1=O. The van der Waals surface area contributed by atoms with Gasteiger partial charge in [-0.3, -0.25) is 14.5 Å². The van der Waals surface area contributed by atoms with E-state index >= 15 is 0 Å². The third-order valence-corrected chi connectivity index (χ3v) is 5.10. The Hall–Kier alpha value is -2.93. The van der Waals surface area contributed by atoms with Gasteiger partial charge < -0.3 is 10.6 Å². The van der Waals surface area contributed by atoms with Gasteiger partial charge in [0.1, 0.15) is 17.9 Å². The fraction of sp³-hybridized carbons (Fsp3) is 0.286. The van der Waals surface area contributed by atoms with E-state index in [1.165, 1.54) is 24.3 Å². The zero-order valence-electron chi connectivity index (χ0n) is 15.9. The Morgan fingerprint density at radius 1 is 1.14 bits per heavy atom. The molecule has 0 bridgehead atoms. The van der Waals surface area contributed by atoms with E-state index in [-0.39, 0.29) is 0 Å². The summed E-state index contributed by atoms with van der Waals surface area (Å²) < 4.78 is 13.4. The van der Waals surface area contributed by atoms with Gasteiger partial charge in [0.25, 0.3) is 5.91 Å². The highest BCUT2D eigenvalue weighted by Crippen LogP contribution is 2.34. The minimum absolute atomic E-state index is 0.356. The van der Waals surface area contributed by atoms with Crippen LogP contribution >= 0.6 is 11.6 Å². The summed E-state index contributed by atoms with van der Waals surface area (Å²) in [6, 6.07) is 11.3. The molecule has 2 N–H and O–H groups in total. The molecule has 1 heterocycles. The van der Waals surface area contributed by atoms with Gasteiger partial charge in [-0.2, -0.15) is 0 Å². The third kappa shape index (κ3) is 4.40. The van der Waals surface area contributed by atoms with Gasteiger partial charge in [0.05, 0.1) is 0 Å². The van der Waals surface area contributed by atoms with E-state index in [1.54, 1.807) is 24.3 Å². The summed E-state index contributed by atoms with van der Waals surface area (Å²) >= 11 is 5.82. The summed E-state index contributed by atoms with van der Waals surface area (Å²) in [4.78, 5) is 39.0. The topological polar surface area (TPSA) is 78.5 Å². The van der Waals surface area contributed by atoms with Crippen LogP contribution in [-0.4, -0.2) is 29.3 Å². The number of unbranched alkanes of at least 4 members (excludes halogenated alkanes) is 1. The van der Waals surface area contributed by atoms with Crippen molar-refractivity contribution in [1.29, 1.82) is 0 Å². The largest absolute Gasteiger partial charge is 0.325 e. The van der Waals surface area contributed by atoms with Crippen molar-refractivity contribution < 1.29 is 18.8 Å². The first-order valence-electron chi connectivity index (χ1n) is 9.31. The van der Waals surface area contributed by atoms with Crippen LogP contribution in [0.3, 0.4) is 0 Å². The number of anilines is 1. The molecule has 0 spiro atoms. The van der Waals surface area contributed by atoms with Gasteiger partial charge in [0, 0.05) is 10.7 Å². The van der Waals surface area contributed by atoms with Crippen LogP contribution in [0.4, 0.5) is 14.9 Å². The summed E-state index contributed by atoms with van der Waals surface area (Å²) in [5.41, 5.74) is -0.310. The predicted octanol–water partition coefficient (Wildman–Crippen LogP) is 4.06. The number of carbonyl (C=O) groups is 3. The van der Waals surface area contributed by atoms with Crippen molar-refractivity contribution in [3.05, 3.63) is 64.9 Å². The molecule has 2 aromatic carbocycles. The average molecular weight is 418 g/mol. The number of imide groups is 1. The summed E-state index contributed by atoms with van der Waals surface area (Å²) in [6.07, 6.45) is 1.84. The maximum Gasteiger partial charge on any atom is 0.325 e. The highest BCUT2D eigenvalue weighted by molar-refractivity contribution is 6.30. The van der Waals surface area contributed by atoms with Crippen molar-refractivity contribution in [1.82, 2.24) is 10.2 Å². The smallest absolute Gasteiger partial charge is 0.325 e. The molecule has 1 fully saturated rings. The fourth-order valence-electron chi connectivity index (χ4n) is 3.33. The number of nitrogens with zero attached hydrogens (tertiary/aromatic N) is 1. The number of benzene rings is 2. The summed E-state index contributed by atoms with van der Waals surface area (Å²) in [5, 5.41) is 5.89. The van der Waals surface area contributed by atoms with Crippen molar-refractivity contribution >= 4 is 35.1 Å². The molecule has 0 aliphatic carbocycles. The number of rotatable bonds is 7. The van der Waals surface area contributed by atoms with Crippen molar-refractivity contribution in [3.8, 4) is 0 Å². The molecule has 1 saturated heterocycles. The molecule has 4 amide bonds. The average Bonchev–Trinajstić information content (AvgIpc) is 2.94. The molecule has 2 aromatic rings. The van der Waals surface area contributed by atoms with Crippen LogP contribution in [-0.2, 0) is 15.1 Å². The van der Waals surface area contributed by atoms with Gasteiger partial charge >= 0.3 is 6.03 Å². The van der Waals surface area contributed by atoms with Crippen LogP contribution in [0.15, 0.2) is 48.5 Å². The van der Waals surface area contributed by atoms with E-state index < -0.39 is 35.7 Å². The first-order chi connectivity index (χ1) is 13.9. The Morgan fingerprint density at radius 3 is 2.41 bits per heavy atom. The Morgan fingerprint density at radius 2 is 1.79 bits per heavy atom. The number of hydrogen-bond donors (Lipinski definition) is 2. The number of urea groups is 1. The van der Waals surface area contributed by atoms with Gasteiger partial charge in [0.2, 0.25) is 5.91 Å². The number of carbonyl (C=O) groups excluding carboxylic acids is 3. The summed E-state index contributed by atoms with van der Waals surface area (Å²) in [7, 11) is 0. The minimum Gasteiger partial charge on any atom is -0.325 e. The fourth-order valence-corrected chi connectivity index (χ4v) is 3.46. The third-order valence-electron chi connectivity index (χ3n) is 4.85. The van der Waals surface area contributed by atoms with Crippen LogP contribution in [0.1, 0.15) is 31.7 Å². The predicted molar refractivity (Wildman–Crippen MR) is 108 cm³/mol. The van der Waals surface area contributed by atoms with Gasteiger partial charge in [-0.1, -0.05) is 43.5 Å². The Bertz CT molecular complexity index is 918. The summed E-state index contributed by atoms with van der Waals surface area (Å²) in [6.45, 7) is 1.54. The highest BCUT2D eigenvalue weighted by Gasteiger charge is 2.52. The molecule has 29 heavy (non-hydrogen) atoms. The maximum absolute atomic E-state index is 13.4. The maximum atomic E-state index is 13.4. The normalized spacial score (nSPS) is 18.7. The van der Waals surface area contributed by atoms with Gasteiger partial charge in [-0.15, -0.1) is 0 Å². The van der Waals surface area contributed by atoms with Crippen LogP contribution in [0, 0.1) is 5.82 Å². The number of nitrogens with one attached hydrogen (secondary N) is 2. The Kier molecular flexibility index (Phi) is 6.17. The first kappa shape index (κ1) is 20.8. The minimum atomic E-state index is -1.30. The van der Waals surface area contributed by atoms with Gasteiger partial charge in [-0.25, -0.2) is 9.18 Å². The number of hydrogen-bond acceptors (Lipinski definition) is 3. The van der Waals surface area contributed by atoms with Crippen LogP contribution < -0.4 is 10.6 Å². The lowest BCUT2D eigenvalue weighted by molar-refractivity contribution is -0.134. The second kappa shape index (κ2) is 8.61. The van der Waals surface area contributed by atoms with E-state index in [2.05, 4.69) is 10.6 Å². The molecular formula is C21H21ClFN3O3. The zero-order valence-corrected chi connectivity index (χ0v) is 16.6. The van der Waals surface area contributed by atoms with Crippen LogP contribution in [0.5, 0.6) is 0 Å². The van der Waals surface area contributed by atoms with Crippen molar-refractivity contribution in [3.63, 3.8) is 0 Å². The molecule has 0 aromatic heterocycles. The van der Waals surface area contributed by atoms with Crippen molar-refractivity contribution in [2.24, 2.45) is 0 Å². The first-order valence-corrected chi connectivity index (χ1v) is 9.69. The lowest BCUT2D eigenvalue weighted by atomic mass is 9.85. The molecule has 152 valence electrons. The molecule has 1 aliphatic rings. The Balaban J connectivity index is 1.80. The molecule has 8 heteroatoms. The van der Waals surface area contributed by atoms with Gasteiger partial charge in [0.15, 0.2) is 0 Å². The van der Waals surface area contributed by atoms with Crippen LogP contribution in [0.25, 0.3) is 0 Å². The monoisotopic (exact) mass is 417 g/mol. The van der Waals surface area contributed by atoms with E-state index in [4.69, 9.17) is 11.6 Å². The van der Waals surface area contributed by atoms with Crippen molar-refractivity contribution in [2.45, 2.75) is 31.7 Å². The second-order valence-corrected chi connectivity index (χ2v) is 7.33. The lowest BCUT2D eigenvalue weighted by Crippen LogP contribution is -2.44. The second-order valence-electron chi connectivity index (χ2n) is 6.89. The standard InChI is InChI=1S/C21H21ClFN3O3/c1-2-3-12-21(14-4-8-16(23)9-5-14)19(28)26(20(29)25-21)13-18(27)24-17-10-6-15(22)7-11-17/h4-11H,2-3,12-13H2,1H3,(H,24,27)(H,25,29)/t21-/m0/s1. The lowest BCUT2D eigenvalue weighted by Gasteiger charge is -2.27. The highest BCUT2D eigenvalue weighted by atomic mass is 35.5. The molecule has 6 nitrogen and oxygen atoms in total. The molecule has 0 unspecified atom stereocenters. The van der Waals surface area contributed by atoms with Gasteiger partial charge in [-0.05, 0) is 48.4 Å². The zero-order chi connectivity index (χ0) is 21.0. The molecule has 3 rings (SSSR count). The molecule has 0 saturated carbocycles. The molecular weight excluding hydrogens is 397 g/mol. The quantitative estimate of drug-likeness (QED) is 0.667. The van der Waals surface area contributed by atoms with E-state index in [1.807, 2.05) is 6.92 Å². The van der Waals surface area contributed by atoms with E-state index in [0.29, 0.717) is 29.1 Å². The van der Waals surface area contributed by atoms with E-state index in [9.17, 15) is 18.8 Å². The summed E-state index contributed by atoms with van der Waals surface area (Å²) in [5.74, 6) is -1.47. The van der Waals surface area contributed by atoms with Crippen LogP contribution in [0.2, 0.25) is 5.02 Å². The Labute approximate surface area is 173 Å². The number of halogens is 2.